The Kier molecular flexibility index (Phi) is 6.34. The molecule has 3 rings (SSSR count). The van der Waals surface area contributed by atoms with Crippen molar-refractivity contribution in [2.45, 2.75) is 6.92 Å². The third-order valence-electron chi connectivity index (χ3n) is 4.29. The molecule has 3 aromatic rings. The van der Waals surface area contributed by atoms with Gasteiger partial charge in [0, 0.05) is 23.0 Å². The molecule has 0 aliphatic heterocycles. The molecule has 0 aromatic heterocycles. The van der Waals surface area contributed by atoms with Crippen LogP contribution in [0.2, 0.25) is 0 Å². The number of nitro benzene ring substituents is 1. The third-order valence-corrected chi connectivity index (χ3v) is 4.29. The molecule has 0 bridgehead atoms. The molecular formula is C23H19N3O4. The van der Waals surface area contributed by atoms with E-state index in [1.807, 2.05) is 0 Å². The van der Waals surface area contributed by atoms with Crippen LogP contribution in [0.1, 0.15) is 11.1 Å². The molecule has 0 aliphatic carbocycles. The molecule has 150 valence electrons. The first-order valence-electron chi connectivity index (χ1n) is 9.13. The van der Waals surface area contributed by atoms with Crippen molar-refractivity contribution in [2.75, 3.05) is 10.6 Å². The van der Waals surface area contributed by atoms with Crippen LogP contribution >= 0.6 is 0 Å². The second-order valence-electron chi connectivity index (χ2n) is 6.50. The topological polar surface area (TPSA) is 101 Å². The molecule has 0 spiro atoms. The number of benzene rings is 3. The Morgan fingerprint density at radius 2 is 1.33 bits per heavy atom. The Labute approximate surface area is 173 Å². The summed E-state index contributed by atoms with van der Waals surface area (Å²) in [5.41, 5.74) is 1.64. The van der Waals surface area contributed by atoms with Crippen LogP contribution in [0.3, 0.4) is 0 Å². The summed E-state index contributed by atoms with van der Waals surface area (Å²) in [5, 5.41) is 16.6. The number of carbonyl (C=O) groups is 2. The molecule has 0 heterocycles. The van der Waals surface area contributed by atoms with Crippen LogP contribution < -0.4 is 10.6 Å². The lowest BCUT2D eigenvalue weighted by Gasteiger charge is -2.10. The molecule has 0 saturated heterocycles. The van der Waals surface area contributed by atoms with E-state index in [4.69, 9.17) is 0 Å². The fourth-order valence-corrected chi connectivity index (χ4v) is 2.75. The van der Waals surface area contributed by atoms with Crippen LogP contribution in [0.15, 0.2) is 84.4 Å². The fraction of sp³-hybridized carbons (Fsp3) is 0.0435. The predicted molar refractivity (Wildman–Crippen MR) is 116 cm³/mol. The van der Waals surface area contributed by atoms with Crippen molar-refractivity contribution >= 4 is 35.0 Å². The van der Waals surface area contributed by atoms with Gasteiger partial charge in [0.05, 0.1) is 4.92 Å². The van der Waals surface area contributed by atoms with Gasteiger partial charge in [-0.05, 0) is 42.8 Å². The maximum Gasteiger partial charge on any atom is 0.272 e. The third kappa shape index (κ3) is 5.17. The van der Waals surface area contributed by atoms with Crippen LogP contribution in [0.25, 0.3) is 6.08 Å². The van der Waals surface area contributed by atoms with Gasteiger partial charge in [0.25, 0.3) is 17.5 Å². The average Bonchev–Trinajstić information content (AvgIpc) is 2.74. The zero-order valence-electron chi connectivity index (χ0n) is 16.2. The van der Waals surface area contributed by atoms with Crippen molar-refractivity contribution in [2.24, 2.45) is 0 Å². The van der Waals surface area contributed by atoms with Crippen LogP contribution in [-0.4, -0.2) is 16.7 Å². The summed E-state index contributed by atoms with van der Waals surface area (Å²) in [6.45, 7) is 1.62. The molecule has 7 nitrogen and oxygen atoms in total. The van der Waals surface area contributed by atoms with Crippen LogP contribution in [0.4, 0.5) is 17.1 Å². The first kappa shape index (κ1) is 20.5. The maximum absolute atomic E-state index is 12.9. The molecule has 0 radical (unpaired) electrons. The lowest BCUT2D eigenvalue weighted by Crippen LogP contribution is -2.25. The lowest BCUT2D eigenvalue weighted by atomic mass is 10.1. The number of nitrogens with zero attached hydrogens (tertiary/aromatic N) is 1. The minimum Gasteiger partial charge on any atom is -0.322 e. The van der Waals surface area contributed by atoms with Crippen LogP contribution in [-0.2, 0) is 9.59 Å². The van der Waals surface area contributed by atoms with E-state index in [2.05, 4.69) is 10.6 Å². The monoisotopic (exact) mass is 401 g/mol. The molecule has 0 fully saturated rings. The van der Waals surface area contributed by atoms with Gasteiger partial charge in [-0.1, -0.05) is 48.5 Å². The molecule has 7 heteroatoms. The van der Waals surface area contributed by atoms with E-state index in [-0.39, 0.29) is 11.3 Å². The summed E-state index contributed by atoms with van der Waals surface area (Å²) in [5.74, 6) is -1.25. The van der Waals surface area contributed by atoms with E-state index < -0.39 is 16.7 Å². The first-order chi connectivity index (χ1) is 14.4. The van der Waals surface area contributed by atoms with Gasteiger partial charge >= 0.3 is 0 Å². The van der Waals surface area contributed by atoms with E-state index in [0.717, 1.165) is 0 Å². The highest BCUT2D eigenvalue weighted by atomic mass is 16.6. The molecule has 0 unspecified atom stereocenters. The number of nitro groups is 1. The van der Waals surface area contributed by atoms with Gasteiger partial charge in [-0.2, -0.15) is 0 Å². The highest BCUT2D eigenvalue weighted by molar-refractivity contribution is 6.28. The summed E-state index contributed by atoms with van der Waals surface area (Å²) >= 11 is 0. The average molecular weight is 401 g/mol. The Morgan fingerprint density at radius 1 is 0.833 bits per heavy atom. The van der Waals surface area contributed by atoms with Crippen molar-refractivity contribution in [3.8, 4) is 0 Å². The number of carbonyl (C=O) groups excluding carboxylic acids is 2. The number of nitrogens with one attached hydrogen (secondary N) is 2. The molecular weight excluding hydrogens is 382 g/mol. The Hall–Kier alpha value is -4.26. The van der Waals surface area contributed by atoms with Crippen molar-refractivity contribution < 1.29 is 14.5 Å². The fourth-order valence-electron chi connectivity index (χ4n) is 2.75. The maximum atomic E-state index is 12.9. The largest absolute Gasteiger partial charge is 0.322 e. The molecule has 0 atom stereocenters. The van der Waals surface area contributed by atoms with E-state index in [1.165, 1.54) is 12.1 Å². The number of rotatable bonds is 6. The number of anilines is 2. The van der Waals surface area contributed by atoms with Gasteiger partial charge in [0.15, 0.2) is 0 Å². The highest BCUT2D eigenvalue weighted by Crippen LogP contribution is 2.22. The quantitative estimate of drug-likeness (QED) is 0.208. The van der Waals surface area contributed by atoms with Gasteiger partial charge in [0.1, 0.15) is 5.57 Å². The zero-order chi connectivity index (χ0) is 21.5. The first-order valence-corrected chi connectivity index (χ1v) is 9.13. The number of hydrogen-bond donors (Lipinski definition) is 2. The minimum atomic E-state index is -0.627. The Morgan fingerprint density at radius 3 is 1.80 bits per heavy atom. The van der Waals surface area contributed by atoms with Crippen molar-refractivity contribution in [3.63, 3.8) is 0 Å². The summed E-state index contributed by atoms with van der Waals surface area (Å²) in [4.78, 5) is 36.5. The van der Waals surface area contributed by atoms with Gasteiger partial charge in [0.2, 0.25) is 0 Å². The molecule has 0 aliphatic rings. The van der Waals surface area contributed by atoms with Crippen molar-refractivity contribution in [1.29, 1.82) is 0 Å². The summed E-state index contributed by atoms with van der Waals surface area (Å²) in [7, 11) is 0. The number of aryl methyl sites for hydroxylation is 1. The van der Waals surface area contributed by atoms with E-state index in [9.17, 15) is 19.7 Å². The molecule has 2 amide bonds. The second-order valence-corrected chi connectivity index (χ2v) is 6.50. The Bertz CT molecular complexity index is 1050. The van der Waals surface area contributed by atoms with Crippen LogP contribution in [0, 0.1) is 17.0 Å². The summed E-state index contributed by atoms with van der Waals surface area (Å²) in [6.07, 6.45) is 1.34. The zero-order valence-corrected chi connectivity index (χ0v) is 16.2. The molecule has 30 heavy (non-hydrogen) atoms. The van der Waals surface area contributed by atoms with Crippen molar-refractivity contribution in [1.82, 2.24) is 0 Å². The normalized spacial score (nSPS) is 10.0. The van der Waals surface area contributed by atoms with E-state index in [1.54, 1.807) is 79.7 Å². The van der Waals surface area contributed by atoms with Gasteiger partial charge in [-0.15, -0.1) is 0 Å². The summed E-state index contributed by atoms with van der Waals surface area (Å²) < 4.78 is 0. The van der Waals surface area contributed by atoms with Gasteiger partial charge < -0.3 is 10.6 Å². The smallest absolute Gasteiger partial charge is 0.272 e. The predicted octanol–water partition coefficient (Wildman–Crippen LogP) is 4.56. The minimum absolute atomic E-state index is 0.0879. The Balaban J connectivity index is 1.97. The lowest BCUT2D eigenvalue weighted by molar-refractivity contribution is -0.385. The van der Waals surface area contributed by atoms with E-state index >= 15 is 0 Å². The van der Waals surface area contributed by atoms with Gasteiger partial charge in [-0.25, -0.2) is 0 Å². The number of hydrogen-bond acceptors (Lipinski definition) is 4. The van der Waals surface area contributed by atoms with Crippen molar-refractivity contribution in [3.05, 3.63) is 106 Å². The standard InChI is InChI=1S/C23H19N3O4/c1-16-12-13-17(15-21(16)26(29)30)14-20(22(27)24-18-8-4-2-5-9-18)23(28)25-19-10-6-3-7-11-19/h2-15H,1H3,(H,24,27)(H,25,28). The molecule has 3 aromatic carbocycles. The molecule has 0 saturated carbocycles. The van der Waals surface area contributed by atoms with E-state index in [0.29, 0.717) is 22.5 Å². The molecule has 2 N–H and O–H groups in total. The number of para-hydroxylation sites is 2. The van der Waals surface area contributed by atoms with Gasteiger partial charge in [-0.3, -0.25) is 19.7 Å². The van der Waals surface area contributed by atoms with Crippen LogP contribution in [0.5, 0.6) is 0 Å². The highest BCUT2D eigenvalue weighted by Gasteiger charge is 2.20. The second kappa shape index (κ2) is 9.29. The number of amides is 2. The SMILES string of the molecule is Cc1ccc(C=C(C(=O)Nc2ccccc2)C(=O)Nc2ccccc2)cc1[N+](=O)[O-]. The summed E-state index contributed by atoms with van der Waals surface area (Å²) in [6, 6.07) is 21.9.